The van der Waals surface area contributed by atoms with E-state index in [9.17, 15) is 13.2 Å². The minimum absolute atomic E-state index is 0.00697. The fourth-order valence-corrected chi connectivity index (χ4v) is 4.61. The minimum atomic E-state index is -3.17. The Kier molecular flexibility index (Phi) is 5.46. The molecule has 1 aromatic rings. The number of carbonyl (C=O) groups is 1. The molecule has 0 saturated carbocycles. The van der Waals surface area contributed by atoms with Crippen LogP contribution in [0.4, 0.5) is 5.69 Å². The molecule has 1 heterocycles. The molecule has 25 heavy (non-hydrogen) atoms. The summed E-state index contributed by atoms with van der Waals surface area (Å²) in [6.45, 7) is 3.34. The van der Waals surface area contributed by atoms with E-state index in [0.29, 0.717) is 13.1 Å². The zero-order valence-electron chi connectivity index (χ0n) is 14.9. The molecule has 1 aliphatic carbocycles. The molecule has 1 aliphatic heterocycles. The van der Waals surface area contributed by atoms with Gasteiger partial charge in [-0.1, -0.05) is 6.07 Å². The van der Waals surface area contributed by atoms with Crippen LogP contribution in [-0.4, -0.2) is 50.7 Å². The SMILES string of the molecule is C[C@H](C(=O)Nc1ccc2c(c1)CCC2)N1CCC(NS(C)(=O)=O)CC1. The summed E-state index contributed by atoms with van der Waals surface area (Å²) in [6.07, 6.45) is 6.06. The molecule has 0 bridgehead atoms. The first kappa shape index (κ1) is 18.4. The van der Waals surface area contributed by atoms with Gasteiger partial charge in [-0.3, -0.25) is 9.69 Å². The summed E-state index contributed by atoms with van der Waals surface area (Å²) in [5.74, 6) is -0.00697. The highest BCUT2D eigenvalue weighted by Crippen LogP contribution is 2.25. The summed E-state index contributed by atoms with van der Waals surface area (Å²) in [4.78, 5) is 14.7. The van der Waals surface area contributed by atoms with Crippen LogP contribution in [0.25, 0.3) is 0 Å². The molecule has 2 aliphatic rings. The lowest BCUT2D eigenvalue weighted by atomic mass is 10.0. The first-order valence-corrected chi connectivity index (χ1v) is 10.8. The Labute approximate surface area is 150 Å². The second kappa shape index (κ2) is 7.43. The van der Waals surface area contributed by atoms with Gasteiger partial charge in [0.1, 0.15) is 0 Å². The first-order chi connectivity index (χ1) is 11.8. The second-order valence-corrected chi connectivity index (χ2v) is 8.98. The lowest BCUT2D eigenvalue weighted by Gasteiger charge is -2.35. The molecule has 6 nitrogen and oxygen atoms in total. The predicted octanol–water partition coefficient (Wildman–Crippen LogP) is 1.52. The van der Waals surface area contributed by atoms with Crippen molar-refractivity contribution in [2.45, 2.75) is 51.1 Å². The lowest BCUT2D eigenvalue weighted by molar-refractivity contribution is -0.121. The Morgan fingerprint density at radius 3 is 2.56 bits per heavy atom. The summed E-state index contributed by atoms with van der Waals surface area (Å²) in [6, 6.07) is 5.93. The van der Waals surface area contributed by atoms with Gasteiger partial charge in [0, 0.05) is 24.8 Å². The molecule has 1 saturated heterocycles. The van der Waals surface area contributed by atoms with E-state index in [-0.39, 0.29) is 18.0 Å². The molecule has 7 heteroatoms. The quantitative estimate of drug-likeness (QED) is 0.829. The third-order valence-corrected chi connectivity index (χ3v) is 5.96. The van der Waals surface area contributed by atoms with E-state index in [1.54, 1.807) is 0 Å². The van der Waals surface area contributed by atoms with Crippen LogP contribution >= 0.6 is 0 Å². The summed E-state index contributed by atoms with van der Waals surface area (Å²) < 4.78 is 25.3. The first-order valence-electron chi connectivity index (χ1n) is 8.96. The minimum Gasteiger partial charge on any atom is -0.325 e. The highest BCUT2D eigenvalue weighted by atomic mass is 32.2. The molecule has 0 radical (unpaired) electrons. The molecule has 0 aromatic heterocycles. The van der Waals surface area contributed by atoms with Crippen LogP contribution in [0.5, 0.6) is 0 Å². The zero-order valence-corrected chi connectivity index (χ0v) is 15.7. The van der Waals surface area contributed by atoms with Crippen molar-refractivity contribution in [1.82, 2.24) is 9.62 Å². The summed E-state index contributed by atoms with van der Waals surface area (Å²) in [7, 11) is -3.17. The number of benzene rings is 1. The van der Waals surface area contributed by atoms with Crippen LogP contribution in [0.15, 0.2) is 18.2 Å². The predicted molar refractivity (Wildman–Crippen MR) is 99.1 cm³/mol. The molecule has 3 rings (SSSR count). The van der Waals surface area contributed by atoms with Crippen molar-refractivity contribution in [3.05, 3.63) is 29.3 Å². The van der Waals surface area contributed by atoms with Gasteiger partial charge in [-0.15, -0.1) is 0 Å². The van der Waals surface area contributed by atoms with Crippen LogP contribution in [0.2, 0.25) is 0 Å². The van der Waals surface area contributed by atoms with Crippen molar-refractivity contribution in [3.63, 3.8) is 0 Å². The van der Waals surface area contributed by atoms with Crippen molar-refractivity contribution >= 4 is 21.6 Å². The summed E-state index contributed by atoms with van der Waals surface area (Å²) in [5, 5.41) is 3.03. The fraction of sp³-hybridized carbons (Fsp3) is 0.611. The average Bonchev–Trinajstić information content (AvgIpc) is 3.01. The molecule has 2 N–H and O–H groups in total. The maximum Gasteiger partial charge on any atom is 0.241 e. The van der Waals surface area contributed by atoms with E-state index >= 15 is 0 Å². The number of nitrogens with one attached hydrogen (secondary N) is 2. The summed E-state index contributed by atoms with van der Waals surface area (Å²) in [5.41, 5.74) is 3.61. The Hall–Kier alpha value is -1.44. The largest absolute Gasteiger partial charge is 0.325 e. The number of amides is 1. The van der Waals surface area contributed by atoms with Crippen molar-refractivity contribution in [3.8, 4) is 0 Å². The average molecular weight is 365 g/mol. The number of hydrogen-bond donors (Lipinski definition) is 2. The Balaban J connectivity index is 1.53. The number of nitrogens with zero attached hydrogens (tertiary/aromatic N) is 1. The molecule has 0 spiro atoms. The number of hydrogen-bond acceptors (Lipinski definition) is 4. The molecule has 138 valence electrons. The number of likely N-dealkylation sites (tertiary alicyclic amines) is 1. The second-order valence-electron chi connectivity index (χ2n) is 7.20. The van der Waals surface area contributed by atoms with Crippen LogP contribution in [0, 0.1) is 0 Å². The van der Waals surface area contributed by atoms with E-state index < -0.39 is 10.0 Å². The monoisotopic (exact) mass is 365 g/mol. The number of fused-ring (bicyclic) bond motifs is 1. The summed E-state index contributed by atoms with van der Waals surface area (Å²) >= 11 is 0. The normalized spacial score (nSPS) is 20.2. The molecule has 1 aromatic carbocycles. The van der Waals surface area contributed by atoms with E-state index in [4.69, 9.17) is 0 Å². The van der Waals surface area contributed by atoms with Gasteiger partial charge in [-0.25, -0.2) is 13.1 Å². The molecule has 1 atom stereocenters. The number of piperidine rings is 1. The van der Waals surface area contributed by atoms with Crippen LogP contribution in [0.1, 0.15) is 37.3 Å². The van der Waals surface area contributed by atoms with E-state index in [2.05, 4.69) is 27.1 Å². The molecule has 1 fully saturated rings. The van der Waals surface area contributed by atoms with Gasteiger partial charge < -0.3 is 5.32 Å². The number of sulfonamides is 1. The van der Waals surface area contributed by atoms with Crippen molar-refractivity contribution < 1.29 is 13.2 Å². The van der Waals surface area contributed by atoms with E-state index in [0.717, 1.165) is 31.4 Å². The number of anilines is 1. The Morgan fingerprint density at radius 2 is 1.88 bits per heavy atom. The fourth-order valence-electron chi connectivity index (χ4n) is 3.77. The van der Waals surface area contributed by atoms with Gasteiger partial charge in [0.15, 0.2) is 0 Å². The van der Waals surface area contributed by atoms with Gasteiger partial charge in [-0.2, -0.15) is 0 Å². The van der Waals surface area contributed by atoms with Crippen molar-refractivity contribution in [2.75, 3.05) is 24.7 Å². The number of rotatable bonds is 5. The number of carbonyl (C=O) groups excluding carboxylic acids is 1. The zero-order chi connectivity index (χ0) is 18.0. The van der Waals surface area contributed by atoms with Crippen LogP contribution < -0.4 is 10.0 Å². The lowest BCUT2D eigenvalue weighted by Crippen LogP contribution is -2.50. The molecule has 0 unspecified atom stereocenters. The molecular weight excluding hydrogens is 338 g/mol. The van der Waals surface area contributed by atoms with Crippen molar-refractivity contribution in [2.24, 2.45) is 0 Å². The van der Waals surface area contributed by atoms with Crippen molar-refractivity contribution in [1.29, 1.82) is 0 Å². The Bertz CT molecular complexity index is 740. The maximum atomic E-state index is 12.6. The third kappa shape index (κ3) is 4.80. The topological polar surface area (TPSA) is 78.5 Å². The van der Waals surface area contributed by atoms with E-state index in [1.165, 1.54) is 23.8 Å². The van der Waals surface area contributed by atoms with Gasteiger partial charge in [-0.05, 0) is 62.3 Å². The van der Waals surface area contributed by atoms with E-state index in [1.807, 2.05) is 13.0 Å². The van der Waals surface area contributed by atoms with Crippen LogP contribution in [0.3, 0.4) is 0 Å². The third-order valence-electron chi connectivity index (χ3n) is 5.20. The van der Waals surface area contributed by atoms with Gasteiger partial charge in [0.2, 0.25) is 15.9 Å². The van der Waals surface area contributed by atoms with Gasteiger partial charge in [0.05, 0.1) is 12.3 Å². The molecular formula is C18H27N3O3S. The van der Waals surface area contributed by atoms with Crippen LogP contribution in [-0.2, 0) is 27.7 Å². The highest BCUT2D eigenvalue weighted by Gasteiger charge is 2.27. The maximum absolute atomic E-state index is 12.6. The smallest absolute Gasteiger partial charge is 0.241 e. The van der Waals surface area contributed by atoms with Gasteiger partial charge in [0.25, 0.3) is 0 Å². The number of aryl methyl sites for hydroxylation is 2. The van der Waals surface area contributed by atoms with Gasteiger partial charge >= 0.3 is 0 Å². The Morgan fingerprint density at radius 1 is 1.20 bits per heavy atom. The molecule has 1 amide bonds. The highest BCUT2D eigenvalue weighted by molar-refractivity contribution is 7.88. The standard InChI is InChI=1S/C18H27N3O3S/c1-13(21-10-8-16(9-11-21)20-25(2,23)24)18(22)19-17-7-6-14-4-3-5-15(14)12-17/h6-7,12-13,16,20H,3-5,8-11H2,1-2H3,(H,19,22)/t13-/m1/s1.